The Morgan fingerprint density at radius 3 is 2.68 bits per heavy atom. The van der Waals surface area contributed by atoms with Gasteiger partial charge in [0.25, 0.3) is 0 Å². The van der Waals surface area contributed by atoms with Crippen molar-refractivity contribution >= 4 is 0 Å². The van der Waals surface area contributed by atoms with Gasteiger partial charge in [0.1, 0.15) is 5.75 Å². The van der Waals surface area contributed by atoms with Crippen molar-refractivity contribution in [3.63, 3.8) is 0 Å². The third kappa shape index (κ3) is 3.32. The van der Waals surface area contributed by atoms with Gasteiger partial charge in [0.15, 0.2) is 0 Å². The van der Waals surface area contributed by atoms with Gasteiger partial charge in [-0.15, -0.1) is 0 Å². The molecule has 1 aliphatic rings. The maximum Gasteiger partial charge on any atom is 0.119 e. The molecule has 2 nitrogen and oxygen atoms in total. The molecule has 1 saturated heterocycles. The van der Waals surface area contributed by atoms with E-state index in [2.05, 4.69) is 56.9 Å². The molecule has 2 unspecified atom stereocenters. The highest BCUT2D eigenvalue weighted by atomic mass is 16.5. The molecule has 2 heteroatoms. The molecular formula is C20H33NO. The number of likely N-dealkylation sites (tertiary alicyclic amines) is 1. The maximum absolute atomic E-state index is 5.49. The largest absolute Gasteiger partial charge is 0.497 e. The summed E-state index contributed by atoms with van der Waals surface area (Å²) in [5.41, 5.74) is 1.81. The van der Waals surface area contributed by atoms with Crippen molar-refractivity contribution in [1.82, 2.24) is 4.90 Å². The van der Waals surface area contributed by atoms with Crippen LogP contribution in [-0.4, -0.2) is 31.1 Å². The summed E-state index contributed by atoms with van der Waals surface area (Å²) in [7, 11) is 1.77. The highest BCUT2D eigenvalue weighted by Gasteiger charge is 2.43. The Bertz CT molecular complexity index is 471. The Morgan fingerprint density at radius 1 is 1.32 bits per heavy atom. The summed E-state index contributed by atoms with van der Waals surface area (Å²) in [5, 5.41) is 0. The average molecular weight is 303 g/mol. The maximum atomic E-state index is 5.49. The Balaban J connectivity index is 2.38. The minimum absolute atomic E-state index is 0.323. The van der Waals surface area contributed by atoms with E-state index in [-0.39, 0.29) is 0 Å². The van der Waals surface area contributed by atoms with Gasteiger partial charge < -0.3 is 9.64 Å². The monoisotopic (exact) mass is 303 g/mol. The lowest BCUT2D eigenvalue weighted by atomic mass is 9.62. The second-order valence-corrected chi connectivity index (χ2v) is 7.08. The fourth-order valence-corrected chi connectivity index (χ4v) is 4.32. The van der Waals surface area contributed by atoms with Crippen LogP contribution in [0.3, 0.4) is 0 Å². The number of ether oxygens (including phenoxy) is 1. The normalized spacial score (nSPS) is 26.4. The minimum atomic E-state index is 0.323. The molecule has 0 aromatic heterocycles. The number of benzene rings is 1. The second kappa shape index (κ2) is 7.50. The van der Waals surface area contributed by atoms with Gasteiger partial charge >= 0.3 is 0 Å². The van der Waals surface area contributed by atoms with Crippen LogP contribution in [0.2, 0.25) is 0 Å². The van der Waals surface area contributed by atoms with Gasteiger partial charge in [0.2, 0.25) is 0 Å². The number of rotatable bonds is 6. The van der Waals surface area contributed by atoms with E-state index in [1.165, 1.54) is 44.3 Å². The molecule has 2 rings (SSSR count). The highest BCUT2D eigenvalue weighted by Crippen LogP contribution is 2.46. The topological polar surface area (TPSA) is 12.5 Å². The van der Waals surface area contributed by atoms with E-state index >= 15 is 0 Å². The predicted octanol–water partition coefficient (Wildman–Crippen LogP) is 4.87. The standard InChI is InChI=1S/C20H33NO/c1-6-11-20(18-9-8-10-19(14-18)22-5)12-13-21(16(3)4)15-17(20)7-2/h8-10,14,16-17H,6-7,11-13,15H2,1-5H3. The molecule has 0 N–H and O–H groups in total. The predicted molar refractivity (Wildman–Crippen MR) is 94.7 cm³/mol. The number of nitrogens with zero attached hydrogens (tertiary/aromatic N) is 1. The van der Waals surface area contributed by atoms with E-state index in [4.69, 9.17) is 4.74 Å². The average Bonchev–Trinajstić information content (AvgIpc) is 2.55. The Hall–Kier alpha value is -1.02. The van der Waals surface area contributed by atoms with E-state index in [1.54, 1.807) is 7.11 Å². The lowest BCUT2D eigenvalue weighted by molar-refractivity contribution is 0.0602. The van der Waals surface area contributed by atoms with E-state index in [0.29, 0.717) is 11.5 Å². The zero-order chi connectivity index (χ0) is 16.2. The van der Waals surface area contributed by atoms with Crippen LogP contribution in [0.5, 0.6) is 5.75 Å². The summed E-state index contributed by atoms with van der Waals surface area (Å²) in [6.45, 7) is 11.8. The van der Waals surface area contributed by atoms with Crippen molar-refractivity contribution in [1.29, 1.82) is 0 Å². The molecule has 1 fully saturated rings. The Labute approximate surface area is 136 Å². The van der Waals surface area contributed by atoms with Crippen LogP contribution in [0.25, 0.3) is 0 Å². The fraction of sp³-hybridized carbons (Fsp3) is 0.700. The molecule has 1 aliphatic heterocycles. The van der Waals surface area contributed by atoms with Gasteiger partial charge in [0.05, 0.1) is 7.11 Å². The summed E-state index contributed by atoms with van der Waals surface area (Å²) in [6, 6.07) is 9.48. The van der Waals surface area contributed by atoms with Crippen LogP contribution in [-0.2, 0) is 5.41 Å². The first kappa shape index (κ1) is 17.3. The molecule has 1 aromatic carbocycles. The molecule has 0 amide bonds. The number of methoxy groups -OCH3 is 1. The summed E-state index contributed by atoms with van der Waals surface area (Å²) in [6.07, 6.45) is 5.05. The van der Waals surface area contributed by atoms with Crippen LogP contribution in [0.4, 0.5) is 0 Å². The number of piperidine rings is 1. The van der Waals surface area contributed by atoms with Crippen molar-refractivity contribution in [3.8, 4) is 5.75 Å². The van der Waals surface area contributed by atoms with Crippen molar-refractivity contribution in [3.05, 3.63) is 29.8 Å². The second-order valence-electron chi connectivity index (χ2n) is 7.08. The third-order valence-corrected chi connectivity index (χ3v) is 5.65. The third-order valence-electron chi connectivity index (χ3n) is 5.65. The van der Waals surface area contributed by atoms with Gasteiger partial charge in [-0.1, -0.05) is 38.8 Å². The van der Waals surface area contributed by atoms with Gasteiger partial charge in [0, 0.05) is 18.0 Å². The summed E-state index contributed by atoms with van der Waals surface area (Å²) in [5.74, 6) is 1.73. The first-order chi connectivity index (χ1) is 10.6. The molecule has 0 bridgehead atoms. The lowest BCUT2D eigenvalue weighted by Crippen LogP contribution is -2.51. The molecule has 0 saturated carbocycles. The quantitative estimate of drug-likeness (QED) is 0.743. The zero-order valence-electron chi connectivity index (χ0n) is 15.1. The van der Waals surface area contributed by atoms with Gasteiger partial charge in [-0.25, -0.2) is 0 Å². The SMILES string of the molecule is CCCC1(c2cccc(OC)c2)CCN(C(C)C)CC1CC. The fourth-order valence-electron chi connectivity index (χ4n) is 4.32. The molecule has 1 heterocycles. The van der Waals surface area contributed by atoms with Crippen molar-refractivity contribution in [2.24, 2.45) is 5.92 Å². The molecule has 22 heavy (non-hydrogen) atoms. The van der Waals surface area contributed by atoms with Crippen molar-refractivity contribution < 1.29 is 4.74 Å². The van der Waals surface area contributed by atoms with Crippen LogP contribution >= 0.6 is 0 Å². The van der Waals surface area contributed by atoms with Crippen LogP contribution in [0, 0.1) is 5.92 Å². The van der Waals surface area contributed by atoms with E-state index < -0.39 is 0 Å². The molecule has 0 radical (unpaired) electrons. The molecule has 0 spiro atoms. The van der Waals surface area contributed by atoms with E-state index in [1.807, 2.05) is 0 Å². The van der Waals surface area contributed by atoms with Gasteiger partial charge in [-0.3, -0.25) is 0 Å². The molecule has 0 aliphatic carbocycles. The Kier molecular flexibility index (Phi) is 5.91. The lowest BCUT2D eigenvalue weighted by Gasteiger charge is -2.50. The molecule has 1 aromatic rings. The highest BCUT2D eigenvalue weighted by molar-refractivity contribution is 5.35. The summed E-state index contributed by atoms with van der Waals surface area (Å²) < 4.78 is 5.49. The van der Waals surface area contributed by atoms with Crippen LogP contribution < -0.4 is 4.74 Å². The van der Waals surface area contributed by atoms with Crippen LogP contribution in [0.1, 0.15) is 58.9 Å². The summed E-state index contributed by atoms with van der Waals surface area (Å²) >= 11 is 0. The van der Waals surface area contributed by atoms with E-state index in [0.717, 1.165) is 11.7 Å². The first-order valence-corrected chi connectivity index (χ1v) is 8.96. The van der Waals surface area contributed by atoms with E-state index in [9.17, 15) is 0 Å². The number of hydrogen-bond donors (Lipinski definition) is 0. The van der Waals surface area contributed by atoms with Gasteiger partial charge in [-0.05, 0) is 56.8 Å². The van der Waals surface area contributed by atoms with Crippen molar-refractivity contribution in [2.45, 2.75) is 64.8 Å². The first-order valence-electron chi connectivity index (χ1n) is 8.96. The molecular weight excluding hydrogens is 270 g/mol. The molecule has 2 atom stereocenters. The summed E-state index contributed by atoms with van der Waals surface area (Å²) in [4.78, 5) is 2.66. The zero-order valence-corrected chi connectivity index (χ0v) is 15.1. The number of hydrogen-bond acceptors (Lipinski definition) is 2. The Morgan fingerprint density at radius 2 is 2.09 bits per heavy atom. The van der Waals surface area contributed by atoms with Crippen molar-refractivity contribution in [2.75, 3.05) is 20.2 Å². The van der Waals surface area contributed by atoms with Gasteiger partial charge in [-0.2, -0.15) is 0 Å². The molecule has 124 valence electrons. The van der Waals surface area contributed by atoms with Crippen LogP contribution in [0.15, 0.2) is 24.3 Å². The smallest absolute Gasteiger partial charge is 0.119 e. The minimum Gasteiger partial charge on any atom is -0.497 e.